The molecule has 0 saturated heterocycles. The molecule has 0 atom stereocenters. The molecule has 7 nitrogen and oxygen atoms in total. The average Bonchev–Trinajstić information content (AvgIpc) is 2.81. The van der Waals surface area contributed by atoms with Crippen molar-refractivity contribution < 1.29 is 23.9 Å². The first-order valence-electron chi connectivity index (χ1n) is 10.9. The predicted molar refractivity (Wildman–Crippen MR) is 130 cm³/mol. The van der Waals surface area contributed by atoms with E-state index in [4.69, 9.17) is 9.47 Å². The van der Waals surface area contributed by atoms with Crippen molar-refractivity contribution in [2.75, 3.05) is 11.9 Å². The van der Waals surface area contributed by atoms with Crippen LogP contribution >= 0.6 is 0 Å². The van der Waals surface area contributed by atoms with Crippen LogP contribution in [0.1, 0.15) is 39.5 Å². The first-order chi connectivity index (χ1) is 16.2. The standard InChI is InChI=1S/C27H28N2O5/c1-17-8-9-18(2)26(19(17)3)33-16-25(31)28-15-21-10-12-23(13-11-21)29-27(32)22-6-5-7-24(14-22)34-20(4)30/h5-14H,15-16H2,1-4H3,(H,28,31)(H,29,32). The molecule has 3 aromatic rings. The number of carbonyl (C=O) groups is 3. The number of rotatable bonds is 8. The van der Waals surface area contributed by atoms with E-state index < -0.39 is 5.97 Å². The van der Waals surface area contributed by atoms with E-state index >= 15 is 0 Å². The second-order valence-corrected chi connectivity index (χ2v) is 7.99. The van der Waals surface area contributed by atoms with Crippen molar-refractivity contribution in [1.29, 1.82) is 0 Å². The van der Waals surface area contributed by atoms with Gasteiger partial charge in [0, 0.05) is 24.7 Å². The smallest absolute Gasteiger partial charge is 0.308 e. The molecule has 0 spiro atoms. The van der Waals surface area contributed by atoms with Gasteiger partial charge in [-0.3, -0.25) is 14.4 Å². The molecule has 3 aromatic carbocycles. The van der Waals surface area contributed by atoms with Crippen LogP contribution in [0.3, 0.4) is 0 Å². The van der Waals surface area contributed by atoms with Crippen LogP contribution in [0, 0.1) is 20.8 Å². The molecule has 0 bridgehead atoms. The number of carbonyl (C=O) groups excluding carboxylic acids is 3. The molecular weight excluding hydrogens is 432 g/mol. The Morgan fingerprint density at radius 1 is 0.882 bits per heavy atom. The summed E-state index contributed by atoms with van der Waals surface area (Å²) in [6.45, 7) is 7.52. The molecule has 0 aromatic heterocycles. The van der Waals surface area contributed by atoms with Gasteiger partial charge in [-0.15, -0.1) is 0 Å². The van der Waals surface area contributed by atoms with Gasteiger partial charge in [0.25, 0.3) is 11.8 Å². The van der Waals surface area contributed by atoms with Crippen molar-refractivity contribution in [2.24, 2.45) is 0 Å². The molecule has 0 aliphatic rings. The molecule has 7 heteroatoms. The van der Waals surface area contributed by atoms with Crippen LogP contribution in [0.2, 0.25) is 0 Å². The van der Waals surface area contributed by atoms with Crippen LogP contribution in [0.25, 0.3) is 0 Å². The van der Waals surface area contributed by atoms with E-state index in [1.165, 1.54) is 13.0 Å². The van der Waals surface area contributed by atoms with Crippen LogP contribution in [0.5, 0.6) is 11.5 Å². The number of nitrogens with one attached hydrogen (secondary N) is 2. The second kappa shape index (κ2) is 11.1. The maximum atomic E-state index is 12.5. The van der Waals surface area contributed by atoms with Gasteiger partial charge in [0.1, 0.15) is 11.5 Å². The van der Waals surface area contributed by atoms with Gasteiger partial charge in [-0.25, -0.2) is 0 Å². The summed E-state index contributed by atoms with van der Waals surface area (Å²) in [6, 6.07) is 17.5. The third kappa shape index (κ3) is 6.68. The number of aryl methyl sites for hydroxylation is 2. The van der Waals surface area contributed by atoms with E-state index in [0.717, 1.165) is 28.0 Å². The summed E-state index contributed by atoms with van der Waals surface area (Å²) < 4.78 is 10.8. The minimum atomic E-state index is -0.452. The summed E-state index contributed by atoms with van der Waals surface area (Å²) in [6.07, 6.45) is 0. The summed E-state index contributed by atoms with van der Waals surface area (Å²) in [5.41, 5.74) is 4.99. The third-order valence-electron chi connectivity index (χ3n) is 5.28. The SMILES string of the molecule is CC(=O)Oc1cccc(C(=O)Nc2ccc(CNC(=O)COc3c(C)ccc(C)c3C)cc2)c1. The van der Waals surface area contributed by atoms with Gasteiger partial charge in [0.15, 0.2) is 6.61 Å². The Balaban J connectivity index is 1.50. The molecule has 0 saturated carbocycles. The highest BCUT2D eigenvalue weighted by Crippen LogP contribution is 2.25. The molecule has 34 heavy (non-hydrogen) atoms. The van der Waals surface area contributed by atoms with Crippen LogP contribution in [0.15, 0.2) is 60.7 Å². The highest BCUT2D eigenvalue weighted by atomic mass is 16.5. The van der Waals surface area contributed by atoms with Gasteiger partial charge in [-0.1, -0.05) is 30.3 Å². The lowest BCUT2D eigenvalue weighted by Crippen LogP contribution is -2.28. The van der Waals surface area contributed by atoms with Gasteiger partial charge in [0.05, 0.1) is 0 Å². The lowest BCUT2D eigenvalue weighted by Gasteiger charge is -2.14. The highest BCUT2D eigenvalue weighted by molar-refractivity contribution is 6.04. The normalized spacial score (nSPS) is 10.4. The van der Waals surface area contributed by atoms with Crippen LogP contribution < -0.4 is 20.1 Å². The lowest BCUT2D eigenvalue weighted by molar-refractivity contribution is -0.131. The van der Waals surface area contributed by atoms with Crippen molar-refractivity contribution in [3.05, 3.63) is 88.5 Å². The van der Waals surface area contributed by atoms with E-state index in [9.17, 15) is 14.4 Å². The van der Waals surface area contributed by atoms with Crippen LogP contribution in [-0.2, 0) is 16.1 Å². The topological polar surface area (TPSA) is 93.7 Å². The van der Waals surface area contributed by atoms with Crippen molar-refractivity contribution in [2.45, 2.75) is 34.2 Å². The Kier molecular flexibility index (Phi) is 8.03. The largest absolute Gasteiger partial charge is 0.483 e. The zero-order chi connectivity index (χ0) is 24.7. The molecule has 0 unspecified atom stereocenters. The zero-order valence-corrected chi connectivity index (χ0v) is 19.7. The summed E-state index contributed by atoms with van der Waals surface area (Å²) in [5, 5.41) is 5.64. The Labute approximate surface area is 199 Å². The van der Waals surface area contributed by atoms with Gasteiger partial charge in [-0.05, 0) is 73.4 Å². The van der Waals surface area contributed by atoms with Gasteiger partial charge < -0.3 is 20.1 Å². The Bertz CT molecular complexity index is 1200. The minimum absolute atomic E-state index is 0.0638. The highest BCUT2D eigenvalue weighted by Gasteiger charge is 2.10. The number of esters is 1. The molecular formula is C27H28N2O5. The van der Waals surface area contributed by atoms with Crippen molar-refractivity contribution >= 4 is 23.5 Å². The van der Waals surface area contributed by atoms with E-state index in [2.05, 4.69) is 10.6 Å². The molecule has 0 fully saturated rings. The van der Waals surface area contributed by atoms with E-state index in [-0.39, 0.29) is 18.4 Å². The Hall–Kier alpha value is -4.13. The number of hydrogen-bond acceptors (Lipinski definition) is 5. The molecule has 3 rings (SSSR count). The summed E-state index contributed by atoms with van der Waals surface area (Å²) in [4.78, 5) is 35.8. The lowest BCUT2D eigenvalue weighted by atomic mass is 10.1. The predicted octanol–water partition coefficient (Wildman–Crippen LogP) is 4.48. The first kappa shape index (κ1) is 24.5. The number of hydrogen-bond donors (Lipinski definition) is 2. The maximum absolute atomic E-state index is 12.5. The molecule has 2 N–H and O–H groups in total. The Morgan fingerprint density at radius 2 is 1.59 bits per heavy atom. The molecule has 0 aliphatic carbocycles. The molecule has 0 heterocycles. The molecule has 0 radical (unpaired) electrons. The number of benzene rings is 3. The summed E-state index contributed by atoms with van der Waals surface area (Å²) in [5.74, 6) is 0.0584. The Morgan fingerprint density at radius 3 is 2.29 bits per heavy atom. The summed E-state index contributed by atoms with van der Waals surface area (Å²) in [7, 11) is 0. The second-order valence-electron chi connectivity index (χ2n) is 7.99. The quantitative estimate of drug-likeness (QED) is 0.382. The fourth-order valence-electron chi connectivity index (χ4n) is 3.31. The fraction of sp³-hybridized carbons (Fsp3) is 0.222. The van der Waals surface area contributed by atoms with Crippen LogP contribution in [-0.4, -0.2) is 24.4 Å². The fourth-order valence-corrected chi connectivity index (χ4v) is 3.31. The average molecular weight is 461 g/mol. The number of ether oxygens (including phenoxy) is 2. The van der Waals surface area contributed by atoms with Gasteiger partial charge >= 0.3 is 5.97 Å². The zero-order valence-electron chi connectivity index (χ0n) is 19.7. The third-order valence-corrected chi connectivity index (χ3v) is 5.28. The molecule has 176 valence electrons. The molecule has 0 aliphatic heterocycles. The van der Waals surface area contributed by atoms with E-state index in [1.807, 2.05) is 45.0 Å². The monoisotopic (exact) mass is 460 g/mol. The maximum Gasteiger partial charge on any atom is 0.308 e. The van der Waals surface area contributed by atoms with Gasteiger partial charge in [-0.2, -0.15) is 0 Å². The number of anilines is 1. The van der Waals surface area contributed by atoms with Crippen LogP contribution in [0.4, 0.5) is 5.69 Å². The van der Waals surface area contributed by atoms with Crippen molar-refractivity contribution in [1.82, 2.24) is 5.32 Å². The first-order valence-corrected chi connectivity index (χ1v) is 10.9. The minimum Gasteiger partial charge on any atom is -0.483 e. The number of amides is 2. The van der Waals surface area contributed by atoms with Crippen molar-refractivity contribution in [3.8, 4) is 11.5 Å². The van der Waals surface area contributed by atoms with Crippen molar-refractivity contribution in [3.63, 3.8) is 0 Å². The van der Waals surface area contributed by atoms with Gasteiger partial charge in [0.2, 0.25) is 0 Å². The van der Waals surface area contributed by atoms with E-state index in [0.29, 0.717) is 23.5 Å². The molecule has 2 amide bonds. The summed E-state index contributed by atoms with van der Waals surface area (Å²) >= 11 is 0. The van der Waals surface area contributed by atoms with E-state index in [1.54, 1.807) is 30.3 Å².